The molecule has 0 radical (unpaired) electrons. The fourth-order valence-corrected chi connectivity index (χ4v) is 4.74. The van der Waals surface area contributed by atoms with Gasteiger partial charge in [-0.3, -0.25) is 9.59 Å². The van der Waals surface area contributed by atoms with E-state index in [0.29, 0.717) is 22.5 Å². The first-order chi connectivity index (χ1) is 17.6. The van der Waals surface area contributed by atoms with Crippen LogP contribution in [0.1, 0.15) is 52.6 Å². The molecule has 0 saturated heterocycles. The van der Waals surface area contributed by atoms with Crippen molar-refractivity contribution < 1.29 is 14.0 Å². The number of aromatic nitrogens is 1. The summed E-state index contributed by atoms with van der Waals surface area (Å²) < 4.78 is 6.46. The summed E-state index contributed by atoms with van der Waals surface area (Å²) in [7, 11) is 1.62. The lowest BCUT2D eigenvalue weighted by atomic mass is 9.95. The maximum Gasteiger partial charge on any atom is 0.255 e. The highest BCUT2D eigenvalue weighted by atomic mass is 16.3. The first-order valence-electron chi connectivity index (χ1n) is 12.4. The Hall–Kier alpha value is -4.32. The summed E-state index contributed by atoms with van der Waals surface area (Å²) in [5.74, 6) is 0.184. The highest BCUT2D eigenvalue weighted by Crippen LogP contribution is 2.42. The van der Waals surface area contributed by atoms with Crippen LogP contribution in [0.4, 0.5) is 0 Å². The Morgan fingerprint density at radius 1 is 0.919 bits per heavy atom. The van der Waals surface area contributed by atoms with Gasteiger partial charge in [0.2, 0.25) is 0 Å². The maximum absolute atomic E-state index is 13.2. The number of aryl methyl sites for hydroxylation is 2. The molecule has 188 valence electrons. The Morgan fingerprint density at radius 3 is 2.32 bits per heavy atom. The van der Waals surface area contributed by atoms with Crippen molar-refractivity contribution in [1.82, 2.24) is 15.6 Å². The molecule has 0 aliphatic rings. The molecule has 2 aromatic heterocycles. The Morgan fingerprint density at radius 2 is 1.65 bits per heavy atom. The lowest BCUT2D eigenvalue weighted by molar-refractivity contribution is 0.0918. The normalized spacial score (nSPS) is 11.7. The van der Waals surface area contributed by atoms with Gasteiger partial charge in [-0.2, -0.15) is 0 Å². The lowest BCUT2D eigenvalue weighted by Gasteiger charge is -2.20. The summed E-state index contributed by atoms with van der Waals surface area (Å²) in [5, 5.41) is 7.45. The van der Waals surface area contributed by atoms with Gasteiger partial charge in [-0.05, 0) is 63.9 Å². The van der Waals surface area contributed by atoms with E-state index in [1.807, 2.05) is 95.4 Å². The predicted octanol–water partition coefficient (Wildman–Crippen LogP) is 6.75. The van der Waals surface area contributed by atoms with Crippen LogP contribution in [0.25, 0.3) is 44.3 Å². The average molecular weight is 494 g/mol. The minimum Gasteiger partial charge on any atom is -0.454 e. The van der Waals surface area contributed by atoms with Crippen LogP contribution in [0.3, 0.4) is 0 Å². The molecule has 6 heteroatoms. The first-order valence-corrected chi connectivity index (χ1v) is 12.4. The fourth-order valence-electron chi connectivity index (χ4n) is 4.74. The van der Waals surface area contributed by atoms with E-state index in [0.717, 1.165) is 44.1 Å². The van der Waals surface area contributed by atoms with E-state index in [2.05, 4.69) is 15.6 Å². The van der Waals surface area contributed by atoms with Gasteiger partial charge in [-0.25, -0.2) is 0 Å². The van der Waals surface area contributed by atoms with Gasteiger partial charge in [0.05, 0.1) is 11.1 Å². The molecule has 0 fully saturated rings. The summed E-state index contributed by atoms with van der Waals surface area (Å²) in [5.41, 5.74) is 7.01. The van der Waals surface area contributed by atoms with Gasteiger partial charge in [0.15, 0.2) is 0 Å². The zero-order chi connectivity index (χ0) is 26.5. The van der Waals surface area contributed by atoms with Crippen LogP contribution in [-0.4, -0.2) is 29.4 Å². The SMILES string of the molecule is CNC(=O)c1c(-c2ccc(C)cc2)oc2c1cc(-c1cccc(C(=O)NC(C)(C)C)c1)c1[nH]cc(C)c12. The second-order valence-electron chi connectivity index (χ2n) is 10.6. The largest absolute Gasteiger partial charge is 0.454 e. The van der Waals surface area contributed by atoms with Crippen LogP contribution in [0.15, 0.2) is 65.2 Å². The number of hydrogen-bond acceptors (Lipinski definition) is 3. The molecule has 0 saturated carbocycles. The van der Waals surface area contributed by atoms with Gasteiger partial charge in [-0.1, -0.05) is 42.0 Å². The molecule has 3 N–H and O–H groups in total. The zero-order valence-electron chi connectivity index (χ0n) is 22.0. The van der Waals surface area contributed by atoms with Crippen molar-refractivity contribution in [2.45, 2.75) is 40.2 Å². The van der Waals surface area contributed by atoms with Crippen molar-refractivity contribution in [3.63, 3.8) is 0 Å². The van der Waals surface area contributed by atoms with E-state index in [-0.39, 0.29) is 17.4 Å². The van der Waals surface area contributed by atoms with Crippen LogP contribution in [0.5, 0.6) is 0 Å². The average Bonchev–Trinajstić information content (AvgIpc) is 3.43. The molecule has 6 nitrogen and oxygen atoms in total. The molecule has 2 heterocycles. The number of hydrogen-bond donors (Lipinski definition) is 3. The van der Waals surface area contributed by atoms with Crippen molar-refractivity contribution >= 4 is 33.7 Å². The van der Waals surface area contributed by atoms with Gasteiger partial charge in [0.1, 0.15) is 11.3 Å². The number of benzene rings is 3. The van der Waals surface area contributed by atoms with Crippen molar-refractivity contribution in [3.05, 3.63) is 83.0 Å². The Balaban J connectivity index is 1.78. The van der Waals surface area contributed by atoms with E-state index in [9.17, 15) is 9.59 Å². The molecule has 0 aliphatic heterocycles. The van der Waals surface area contributed by atoms with E-state index >= 15 is 0 Å². The minimum absolute atomic E-state index is 0.134. The standard InChI is InChI=1S/C31H31N3O3/c1-17-10-12-19(13-11-17)27-25(30(36)32-6)23-15-22(26-24(28(23)37-27)18(2)16-33-26)20-8-7-9-21(14-20)29(35)34-31(3,4)5/h7-16,33H,1-6H3,(H,32,36)(H,34,35). The third kappa shape index (κ3) is 4.40. The van der Waals surface area contributed by atoms with Crippen LogP contribution < -0.4 is 10.6 Å². The quantitative estimate of drug-likeness (QED) is 0.259. The molecule has 5 rings (SSSR count). The maximum atomic E-state index is 13.2. The smallest absolute Gasteiger partial charge is 0.255 e. The highest BCUT2D eigenvalue weighted by Gasteiger charge is 2.26. The number of nitrogens with one attached hydrogen (secondary N) is 3. The van der Waals surface area contributed by atoms with Crippen molar-refractivity contribution in [2.24, 2.45) is 0 Å². The molecular formula is C31H31N3O3. The molecule has 0 spiro atoms. The Labute approximate surface area is 216 Å². The van der Waals surface area contributed by atoms with Gasteiger partial charge in [0, 0.05) is 46.2 Å². The third-order valence-electron chi connectivity index (χ3n) is 6.50. The molecule has 0 atom stereocenters. The lowest BCUT2D eigenvalue weighted by Crippen LogP contribution is -2.40. The number of carbonyl (C=O) groups excluding carboxylic acids is 2. The van der Waals surface area contributed by atoms with Crippen molar-refractivity contribution in [1.29, 1.82) is 0 Å². The molecule has 5 aromatic rings. The number of fused-ring (bicyclic) bond motifs is 3. The van der Waals surface area contributed by atoms with Gasteiger partial charge < -0.3 is 20.0 Å². The number of carbonyl (C=O) groups is 2. The number of amides is 2. The summed E-state index contributed by atoms with van der Waals surface area (Å²) in [4.78, 5) is 29.5. The molecule has 0 aliphatic carbocycles. The summed E-state index contributed by atoms with van der Waals surface area (Å²) >= 11 is 0. The molecular weight excluding hydrogens is 462 g/mol. The second kappa shape index (κ2) is 8.96. The summed E-state index contributed by atoms with van der Waals surface area (Å²) in [6, 6.07) is 17.5. The Kier molecular flexibility index (Phi) is 5.91. The third-order valence-corrected chi connectivity index (χ3v) is 6.50. The topological polar surface area (TPSA) is 87.1 Å². The van der Waals surface area contributed by atoms with Gasteiger partial charge in [-0.15, -0.1) is 0 Å². The van der Waals surface area contributed by atoms with Crippen molar-refractivity contribution in [2.75, 3.05) is 7.05 Å². The van der Waals surface area contributed by atoms with Crippen LogP contribution in [0.2, 0.25) is 0 Å². The molecule has 37 heavy (non-hydrogen) atoms. The zero-order valence-corrected chi connectivity index (χ0v) is 22.0. The molecule has 2 amide bonds. The van der Waals surface area contributed by atoms with E-state index in [1.165, 1.54) is 0 Å². The highest BCUT2D eigenvalue weighted by molar-refractivity contribution is 6.20. The van der Waals surface area contributed by atoms with Crippen LogP contribution in [0, 0.1) is 13.8 Å². The monoisotopic (exact) mass is 493 g/mol. The fraction of sp³-hybridized carbons (Fsp3) is 0.226. The minimum atomic E-state index is -0.346. The molecule has 0 unspecified atom stereocenters. The van der Waals surface area contributed by atoms with Gasteiger partial charge >= 0.3 is 0 Å². The van der Waals surface area contributed by atoms with Gasteiger partial charge in [0.25, 0.3) is 11.8 Å². The summed E-state index contributed by atoms with van der Waals surface area (Å²) in [6.45, 7) is 9.91. The number of rotatable bonds is 4. The van der Waals surface area contributed by atoms with E-state index < -0.39 is 0 Å². The van der Waals surface area contributed by atoms with Crippen LogP contribution >= 0.6 is 0 Å². The van der Waals surface area contributed by atoms with E-state index in [4.69, 9.17) is 4.42 Å². The Bertz CT molecular complexity index is 1660. The van der Waals surface area contributed by atoms with E-state index in [1.54, 1.807) is 7.05 Å². The second-order valence-corrected chi connectivity index (χ2v) is 10.6. The number of aromatic amines is 1. The van der Waals surface area contributed by atoms with Crippen molar-refractivity contribution in [3.8, 4) is 22.5 Å². The van der Waals surface area contributed by atoms with Crippen LogP contribution in [-0.2, 0) is 0 Å². The summed E-state index contributed by atoms with van der Waals surface area (Å²) in [6.07, 6.45) is 1.94. The predicted molar refractivity (Wildman–Crippen MR) is 149 cm³/mol. The number of furan rings is 1. The molecule has 0 bridgehead atoms. The number of H-pyrrole nitrogens is 1. The molecule has 3 aromatic carbocycles. The first kappa shape index (κ1) is 24.4.